The molecule has 0 spiro atoms. The second-order valence-corrected chi connectivity index (χ2v) is 5.73. The number of alkyl halides is 3. The number of benzene rings is 1. The van der Waals surface area contributed by atoms with Crippen molar-refractivity contribution in [2.24, 2.45) is 0 Å². The van der Waals surface area contributed by atoms with Gasteiger partial charge in [-0.15, -0.1) is 0 Å². The number of hydrogen-bond donors (Lipinski definition) is 1. The van der Waals surface area contributed by atoms with E-state index in [1.807, 2.05) is 0 Å². The SMILES string of the molecule is FC(F)(F)c1cccc(COc2ccc(Cl)cc2OC2CNC2)n1. The quantitative estimate of drug-likeness (QED) is 0.885. The van der Waals surface area contributed by atoms with Gasteiger partial charge in [-0.1, -0.05) is 17.7 Å². The molecule has 0 amide bonds. The molecule has 4 nitrogen and oxygen atoms in total. The molecule has 0 radical (unpaired) electrons. The number of nitrogens with one attached hydrogen (secondary N) is 1. The Morgan fingerprint density at radius 1 is 1.17 bits per heavy atom. The zero-order chi connectivity index (χ0) is 17.2. The van der Waals surface area contributed by atoms with Crippen LogP contribution in [0.15, 0.2) is 36.4 Å². The Morgan fingerprint density at radius 2 is 1.96 bits per heavy atom. The van der Waals surface area contributed by atoms with Crippen LogP contribution < -0.4 is 14.8 Å². The van der Waals surface area contributed by atoms with E-state index in [1.165, 1.54) is 12.1 Å². The molecule has 0 atom stereocenters. The number of aromatic nitrogens is 1. The van der Waals surface area contributed by atoms with Crippen LogP contribution in [0.25, 0.3) is 0 Å². The molecule has 1 aliphatic heterocycles. The fourth-order valence-corrected chi connectivity index (χ4v) is 2.25. The maximum atomic E-state index is 12.7. The van der Waals surface area contributed by atoms with Crippen LogP contribution in [0.1, 0.15) is 11.4 Å². The second kappa shape index (κ2) is 6.86. The topological polar surface area (TPSA) is 43.4 Å². The first kappa shape index (κ1) is 16.9. The van der Waals surface area contributed by atoms with Gasteiger partial charge >= 0.3 is 6.18 Å². The summed E-state index contributed by atoms with van der Waals surface area (Å²) in [6.45, 7) is 1.34. The van der Waals surface area contributed by atoms with E-state index in [4.69, 9.17) is 21.1 Å². The zero-order valence-electron chi connectivity index (χ0n) is 12.4. The lowest BCUT2D eigenvalue weighted by Gasteiger charge is -2.28. The van der Waals surface area contributed by atoms with Gasteiger partial charge in [-0.25, -0.2) is 4.98 Å². The van der Waals surface area contributed by atoms with Crippen molar-refractivity contribution in [1.82, 2.24) is 10.3 Å². The van der Waals surface area contributed by atoms with Crippen LogP contribution in [0.2, 0.25) is 5.02 Å². The first-order valence-corrected chi connectivity index (χ1v) is 7.62. The van der Waals surface area contributed by atoms with Crippen LogP contribution in [0.4, 0.5) is 13.2 Å². The summed E-state index contributed by atoms with van der Waals surface area (Å²) < 4.78 is 49.4. The third-order valence-corrected chi connectivity index (χ3v) is 3.65. The largest absolute Gasteiger partial charge is 0.484 e. The molecule has 8 heteroatoms. The molecule has 0 unspecified atom stereocenters. The van der Waals surface area contributed by atoms with Gasteiger partial charge in [0, 0.05) is 24.2 Å². The van der Waals surface area contributed by atoms with Gasteiger partial charge in [-0.05, 0) is 24.3 Å². The molecule has 0 aliphatic carbocycles. The van der Waals surface area contributed by atoms with E-state index in [2.05, 4.69) is 10.3 Å². The number of ether oxygens (including phenoxy) is 2. The Hall–Kier alpha value is -1.99. The number of halogens is 4. The lowest BCUT2D eigenvalue weighted by molar-refractivity contribution is -0.141. The van der Waals surface area contributed by atoms with Crippen LogP contribution in [0, 0.1) is 0 Å². The van der Waals surface area contributed by atoms with Crippen molar-refractivity contribution >= 4 is 11.6 Å². The maximum Gasteiger partial charge on any atom is 0.433 e. The summed E-state index contributed by atoms with van der Waals surface area (Å²) in [6, 6.07) is 8.56. The highest BCUT2D eigenvalue weighted by Gasteiger charge is 2.32. The molecule has 3 rings (SSSR count). The Bertz CT molecular complexity index is 721. The normalized spacial score (nSPS) is 15.0. The fourth-order valence-electron chi connectivity index (χ4n) is 2.09. The first-order valence-electron chi connectivity index (χ1n) is 7.24. The predicted octanol–water partition coefficient (Wildman–Crippen LogP) is 3.68. The van der Waals surface area contributed by atoms with Crippen molar-refractivity contribution in [3.8, 4) is 11.5 Å². The first-order chi connectivity index (χ1) is 11.4. The van der Waals surface area contributed by atoms with Crippen LogP contribution in [-0.2, 0) is 12.8 Å². The summed E-state index contributed by atoms with van der Waals surface area (Å²) in [7, 11) is 0. The third-order valence-electron chi connectivity index (χ3n) is 3.42. The summed E-state index contributed by atoms with van der Waals surface area (Å²) in [5, 5.41) is 3.57. The van der Waals surface area contributed by atoms with Crippen molar-refractivity contribution in [3.05, 3.63) is 52.8 Å². The smallest absolute Gasteiger partial charge is 0.433 e. The molecular weight excluding hydrogens is 345 g/mol. The molecule has 0 saturated carbocycles. The minimum atomic E-state index is -4.48. The molecule has 1 aromatic heterocycles. The zero-order valence-corrected chi connectivity index (χ0v) is 13.2. The molecule has 128 valence electrons. The minimum Gasteiger partial charge on any atom is -0.484 e. The monoisotopic (exact) mass is 358 g/mol. The van der Waals surface area contributed by atoms with Gasteiger partial charge < -0.3 is 14.8 Å². The van der Waals surface area contributed by atoms with Crippen LogP contribution >= 0.6 is 11.6 Å². The summed E-state index contributed by atoms with van der Waals surface area (Å²) >= 11 is 5.96. The van der Waals surface area contributed by atoms with Crippen molar-refractivity contribution in [2.45, 2.75) is 18.9 Å². The van der Waals surface area contributed by atoms with E-state index in [0.29, 0.717) is 16.5 Å². The van der Waals surface area contributed by atoms with Gasteiger partial charge in [0.1, 0.15) is 18.4 Å². The summed E-state index contributed by atoms with van der Waals surface area (Å²) in [6.07, 6.45) is -4.46. The summed E-state index contributed by atoms with van der Waals surface area (Å²) in [5.41, 5.74) is -0.771. The van der Waals surface area contributed by atoms with Gasteiger partial charge in [0.15, 0.2) is 11.5 Å². The average molecular weight is 359 g/mol. The fraction of sp³-hybridized carbons (Fsp3) is 0.312. The molecule has 1 fully saturated rings. The predicted molar refractivity (Wildman–Crippen MR) is 82.3 cm³/mol. The van der Waals surface area contributed by atoms with Gasteiger partial charge in [0.2, 0.25) is 0 Å². The highest BCUT2D eigenvalue weighted by Crippen LogP contribution is 2.32. The number of nitrogens with zero attached hydrogens (tertiary/aromatic N) is 1. The molecule has 1 aromatic carbocycles. The third kappa shape index (κ3) is 4.10. The number of pyridine rings is 1. The van der Waals surface area contributed by atoms with E-state index in [1.54, 1.807) is 18.2 Å². The van der Waals surface area contributed by atoms with Gasteiger partial charge in [-0.2, -0.15) is 13.2 Å². The van der Waals surface area contributed by atoms with Crippen molar-refractivity contribution in [2.75, 3.05) is 13.1 Å². The molecule has 1 N–H and O–H groups in total. The van der Waals surface area contributed by atoms with Crippen molar-refractivity contribution in [3.63, 3.8) is 0 Å². The maximum absolute atomic E-state index is 12.7. The Morgan fingerprint density at radius 3 is 2.62 bits per heavy atom. The Balaban J connectivity index is 1.72. The molecule has 1 saturated heterocycles. The Kier molecular flexibility index (Phi) is 4.82. The summed E-state index contributed by atoms with van der Waals surface area (Å²) in [5.74, 6) is 0.867. The van der Waals surface area contributed by atoms with Crippen molar-refractivity contribution < 1.29 is 22.6 Å². The van der Waals surface area contributed by atoms with Crippen molar-refractivity contribution in [1.29, 1.82) is 0 Å². The highest BCUT2D eigenvalue weighted by atomic mass is 35.5. The molecule has 0 bridgehead atoms. The van der Waals surface area contributed by atoms with E-state index in [-0.39, 0.29) is 18.4 Å². The van der Waals surface area contributed by atoms with Gasteiger partial charge in [0.25, 0.3) is 0 Å². The molecule has 1 aliphatic rings. The van der Waals surface area contributed by atoms with Gasteiger partial charge in [0.05, 0.1) is 5.69 Å². The van der Waals surface area contributed by atoms with Gasteiger partial charge in [-0.3, -0.25) is 0 Å². The Labute approximate surface area is 141 Å². The number of hydrogen-bond acceptors (Lipinski definition) is 4. The standard InChI is InChI=1S/C16H14ClF3N2O2/c17-10-4-5-13(14(6-10)24-12-7-21-8-12)23-9-11-2-1-3-15(22-11)16(18,19)20/h1-6,12,21H,7-9H2. The lowest BCUT2D eigenvalue weighted by atomic mass is 10.2. The lowest BCUT2D eigenvalue weighted by Crippen LogP contribution is -2.50. The molecule has 24 heavy (non-hydrogen) atoms. The van der Waals surface area contributed by atoms with E-state index in [9.17, 15) is 13.2 Å². The molecule has 2 heterocycles. The number of rotatable bonds is 5. The van der Waals surface area contributed by atoms with Crippen LogP contribution in [0.3, 0.4) is 0 Å². The highest BCUT2D eigenvalue weighted by molar-refractivity contribution is 6.30. The molecular formula is C16H14ClF3N2O2. The van der Waals surface area contributed by atoms with E-state index < -0.39 is 11.9 Å². The minimum absolute atomic E-state index is 0.0255. The van der Waals surface area contributed by atoms with Crippen LogP contribution in [0.5, 0.6) is 11.5 Å². The van der Waals surface area contributed by atoms with E-state index >= 15 is 0 Å². The average Bonchev–Trinajstić information content (AvgIpc) is 2.49. The van der Waals surface area contributed by atoms with Crippen LogP contribution in [-0.4, -0.2) is 24.2 Å². The second-order valence-electron chi connectivity index (χ2n) is 5.29. The van der Waals surface area contributed by atoms with E-state index in [0.717, 1.165) is 19.2 Å². The summed E-state index contributed by atoms with van der Waals surface area (Å²) in [4.78, 5) is 3.57. The molecule has 2 aromatic rings.